The Bertz CT molecular complexity index is 1030. The number of nitrogens with two attached hydrogens (primary N) is 2. The Morgan fingerprint density at radius 1 is 1.08 bits per heavy atom. The van der Waals surface area contributed by atoms with E-state index in [-0.39, 0.29) is 5.96 Å². The lowest BCUT2D eigenvalue weighted by Gasteiger charge is -2.07. The number of carbonyl (C=O) groups is 1. The third kappa shape index (κ3) is 3.66. The van der Waals surface area contributed by atoms with Gasteiger partial charge in [0.1, 0.15) is 11.3 Å². The van der Waals surface area contributed by atoms with E-state index in [0.717, 1.165) is 5.56 Å². The summed E-state index contributed by atoms with van der Waals surface area (Å²) in [5.41, 5.74) is 12.2. The third-order valence-corrected chi connectivity index (χ3v) is 3.49. The number of guanidine groups is 1. The van der Waals surface area contributed by atoms with Crippen LogP contribution >= 0.6 is 0 Å². The molecule has 0 radical (unpaired) electrons. The highest BCUT2D eigenvalue weighted by atomic mass is 16.5. The molecule has 0 atom stereocenters. The van der Waals surface area contributed by atoms with Crippen molar-refractivity contribution in [3.63, 3.8) is 0 Å². The number of hydrogen-bond acceptors (Lipinski definition) is 5. The first-order valence-electron chi connectivity index (χ1n) is 7.39. The molecule has 0 spiro atoms. The van der Waals surface area contributed by atoms with Crippen LogP contribution in [-0.4, -0.2) is 11.9 Å². The van der Waals surface area contributed by atoms with Gasteiger partial charge in [-0.3, -0.25) is 0 Å². The summed E-state index contributed by atoms with van der Waals surface area (Å²) in [4.78, 5) is 27.5. The van der Waals surface area contributed by atoms with Gasteiger partial charge in [0.05, 0.1) is 11.3 Å². The molecule has 0 unspecified atom stereocenters. The van der Waals surface area contributed by atoms with Gasteiger partial charge >= 0.3 is 11.6 Å². The Morgan fingerprint density at radius 3 is 2.48 bits per heavy atom. The van der Waals surface area contributed by atoms with Crippen molar-refractivity contribution in [2.24, 2.45) is 16.5 Å². The van der Waals surface area contributed by atoms with Crippen LogP contribution in [0.4, 0.5) is 5.69 Å². The van der Waals surface area contributed by atoms with E-state index in [1.807, 2.05) is 0 Å². The van der Waals surface area contributed by atoms with Gasteiger partial charge in [-0.15, -0.1) is 0 Å². The third-order valence-electron chi connectivity index (χ3n) is 3.49. The van der Waals surface area contributed by atoms with Crippen molar-refractivity contribution in [1.82, 2.24) is 0 Å². The fraction of sp³-hybridized carbons (Fsp3) is 0.0556. The molecule has 25 heavy (non-hydrogen) atoms. The smallest absolute Gasteiger partial charge is 0.343 e. The number of aryl methyl sites for hydroxylation is 1. The minimum Gasteiger partial charge on any atom is -0.423 e. The van der Waals surface area contributed by atoms with Crippen LogP contribution in [0.15, 0.2) is 62.7 Å². The van der Waals surface area contributed by atoms with E-state index in [0.29, 0.717) is 28.0 Å². The fourth-order valence-corrected chi connectivity index (χ4v) is 2.35. The molecule has 2 aromatic carbocycles. The second kappa shape index (κ2) is 6.48. The maximum Gasteiger partial charge on any atom is 0.343 e. The van der Waals surface area contributed by atoms with Gasteiger partial charge < -0.3 is 20.6 Å². The average molecular weight is 337 g/mol. The molecule has 0 fully saturated rings. The maximum atomic E-state index is 12.2. The average Bonchev–Trinajstić information content (AvgIpc) is 2.55. The van der Waals surface area contributed by atoms with E-state index < -0.39 is 11.6 Å². The van der Waals surface area contributed by atoms with Crippen LogP contribution in [0, 0.1) is 6.92 Å². The zero-order valence-corrected chi connectivity index (χ0v) is 13.4. The van der Waals surface area contributed by atoms with Crippen molar-refractivity contribution in [2.45, 2.75) is 6.92 Å². The van der Waals surface area contributed by atoms with Crippen LogP contribution in [-0.2, 0) is 0 Å². The van der Waals surface area contributed by atoms with E-state index in [4.69, 9.17) is 20.6 Å². The molecule has 7 nitrogen and oxygen atoms in total. The molecular weight excluding hydrogens is 322 g/mol. The Balaban J connectivity index is 1.84. The molecule has 0 aliphatic heterocycles. The standard InChI is InChI=1S/C18H15N3O4/c1-10-8-16(22)25-15-7-6-13(9-14(10)15)24-17(23)11-2-4-12(5-3-11)21-18(19)20/h2-9H,1H3,(H4,19,20,21). The van der Waals surface area contributed by atoms with Crippen LogP contribution in [0.2, 0.25) is 0 Å². The molecule has 7 heteroatoms. The lowest BCUT2D eigenvalue weighted by atomic mass is 10.1. The van der Waals surface area contributed by atoms with E-state index in [1.165, 1.54) is 6.07 Å². The second-order valence-corrected chi connectivity index (χ2v) is 5.38. The Labute approximate surface area is 142 Å². The van der Waals surface area contributed by atoms with E-state index in [1.54, 1.807) is 49.4 Å². The highest BCUT2D eigenvalue weighted by Gasteiger charge is 2.10. The number of aliphatic imine (C=N–C) groups is 1. The summed E-state index contributed by atoms with van der Waals surface area (Å²) in [6.07, 6.45) is 0. The van der Waals surface area contributed by atoms with Crippen molar-refractivity contribution >= 4 is 28.6 Å². The fourth-order valence-electron chi connectivity index (χ4n) is 2.35. The number of carbonyl (C=O) groups excluding carboxylic acids is 1. The molecular formula is C18H15N3O4. The Morgan fingerprint density at radius 2 is 1.80 bits per heavy atom. The number of benzene rings is 2. The van der Waals surface area contributed by atoms with Gasteiger partial charge in [-0.25, -0.2) is 14.6 Å². The van der Waals surface area contributed by atoms with Gasteiger partial charge in [-0.05, 0) is 55.0 Å². The quantitative estimate of drug-likeness (QED) is 0.248. The number of ether oxygens (including phenoxy) is 1. The van der Waals surface area contributed by atoms with Gasteiger partial charge in [-0.1, -0.05) is 0 Å². The SMILES string of the molecule is Cc1cc(=O)oc2ccc(OC(=O)c3ccc(N=C(N)N)cc3)cc12. The van der Waals surface area contributed by atoms with Crippen molar-refractivity contribution in [3.05, 3.63) is 70.1 Å². The lowest BCUT2D eigenvalue weighted by Crippen LogP contribution is -2.21. The summed E-state index contributed by atoms with van der Waals surface area (Å²) in [6.45, 7) is 1.78. The second-order valence-electron chi connectivity index (χ2n) is 5.38. The van der Waals surface area contributed by atoms with E-state index >= 15 is 0 Å². The first-order valence-corrected chi connectivity index (χ1v) is 7.39. The zero-order valence-electron chi connectivity index (χ0n) is 13.4. The normalized spacial score (nSPS) is 10.4. The summed E-state index contributed by atoms with van der Waals surface area (Å²) in [5.74, 6) is -0.234. The molecule has 126 valence electrons. The predicted molar refractivity (Wildman–Crippen MR) is 94.1 cm³/mol. The minimum atomic E-state index is -0.523. The zero-order chi connectivity index (χ0) is 18.0. The maximum absolute atomic E-state index is 12.2. The molecule has 1 aromatic heterocycles. The number of nitrogens with zero attached hydrogens (tertiary/aromatic N) is 1. The number of fused-ring (bicyclic) bond motifs is 1. The largest absolute Gasteiger partial charge is 0.423 e. The van der Waals surface area contributed by atoms with Crippen molar-refractivity contribution in [3.8, 4) is 5.75 Å². The summed E-state index contributed by atoms with van der Waals surface area (Å²) < 4.78 is 10.5. The van der Waals surface area contributed by atoms with Gasteiger partial charge in [-0.2, -0.15) is 0 Å². The summed E-state index contributed by atoms with van der Waals surface area (Å²) in [7, 11) is 0. The molecule has 3 aromatic rings. The number of esters is 1. The van der Waals surface area contributed by atoms with Crippen molar-refractivity contribution in [2.75, 3.05) is 0 Å². The molecule has 0 saturated carbocycles. The predicted octanol–water partition coefficient (Wildman–Crippen LogP) is 2.23. The van der Waals surface area contributed by atoms with Crippen molar-refractivity contribution in [1.29, 1.82) is 0 Å². The van der Waals surface area contributed by atoms with E-state index in [9.17, 15) is 9.59 Å². The van der Waals surface area contributed by atoms with Crippen LogP contribution in [0.5, 0.6) is 5.75 Å². The van der Waals surface area contributed by atoms with Gasteiger partial charge in [0.15, 0.2) is 5.96 Å². The topological polar surface area (TPSA) is 121 Å². The molecule has 0 aliphatic carbocycles. The first kappa shape index (κ1) is 16.3. The highest BCUT2D eigenvalue weighted by molar-refractivity contribution is 5.92. The molecule has 0 amide bonds. The van der Waals surface area contributed by atoms with Gasteiger partial charge in [0, 0.05) is 11.5 Å². The molecule has 0 aliphatic rings. The van der Waals surface area contributed by atoms with E-state index in [2.05, 4.69) is 4.99 Å². The highest BCUT2D eigenvalue weighted by Crippen LogP contribution is 2.23. The Kier molecular flexibility index (Phi) is 4.21. The summed E-state index contributed by atoms with van der Waals surface area (Å²) in [5, 5.41) is 0.702. The molecule has 0 saturated heterocycles. The van der Waals surface area contributed by atoms with Crippen molar-refractivity contribution < 1.29 is 13.9 Å². The molecule has 0 bridgehead atoms. The molecule has 1 heterocycles. The van der Waals surface area contributed by atoms with Gasteiger partial charge in [0.2, 0.25) is 0 Å². The van der Waals surface area contributed by atoms with Crippen LogP contribution < -0.4 is 21.8 Å². The lowest BCUT2D eigenvalue weighted by molar-refractivity contribution is 0.0735. The Hall–Kier alpha value is -3.61. The van der Waals surface area contributed by atoms with Gasteiger partial charge in [0.25, 0.3) is 0 Å². The van der Waals surface area contributed by atoms with Crippen LogP contribution in [0.1, 0.15) is 15.9 Å². The number of rotatable bonds is 3. The summed E-state index contributed by atoms with van der Waals surface area (Å²) >= 11 is 0. The van der Waals surface area contributed by atoms with Crippen LogP contribution in [0.3, 0.4) is 0 Å². The van der Waals surface area contributed by atoms with Crippen LogP contribution in [0.25, 0.3) is 11.0 Å². The minimum absolute atomic E-state index is 0.0616. The monoisotopic (exact) mass is 337 g/mol. The molecule has 3 rings (SSSR count). The molecule has 4 N–H and O–H groups in total. The number of hydrogen-bond donors (Lipinski definition) is 2. The first-order chi connectivity index (χ1) is 11.9. The summed E-state index contributed by atoms with van der Waals surface area (Å²) in [6, 6.07) is 12.5.